The number of hydrogen-bond donors (Lipinski definition) is 1. The summed E-state index contributed by atoms with van der Waals surface area (Å²) in [6, 6.07) is 4.03. The van der Waals surface area contributed by atoms with E-state index < -0.39 is 34.2 Å². The zero-order chi connectivity index (χ0) is 25.9. The summed E-state index contributed by atoms with van der Waals surface area (Å²) >= 11 is 0.921. The SMILES string of the molecule is C=C(/C=C\C(F)=C/C)[C@H]1C[C@@H](C(F)F)CCN1[C@H]1CCOc2cc(S(=O)(=O)Nc3ncns3)ccc21. The molecule has 0 saturated carbocycles. The lowest BCUT2D eigenvalue weighted by molar-refractivity contribution is -0.00172. The first-order valence-corrected chi connectivity index (χ1v) is 13.7. The fraction of sp³-hybridized carbons (Fsp3) is 0.417. The van der Waals surface area contributed by atoms with Crippen LogP contribution in [0.25, 0.3) is 0 Å². The number of alkyl halides is 2. The zero-order valence-corrected chi connectivity index (χ0v) is 21.2. The van der Waals surface area contributed by atoms with Gasteiger partial charge < -0.3 is 4.74 Å². The fourth-order valence-corrected chi connectivity index (χ4v) is 6.30. The molecule has 1 fully saturated rings. The van der Waals surface area contributed by atoms with Gasteiger partial charge in [-0.1, -0.05) is 24.8 Å². The molecule has 2 aliphatic heterocycles. The zero-order valence-electron chi connectivity index (χ0n) is 19.6. The van der Waals surface area contributed by atoms with Crippen molar-refractivity contribution >= 4 is 26.7 Å². The number of ether oxygens (including phenoxy) is 1. The summed E-state index contributed by atoms with van der Waals surface area (Å²) in [5, 5.41) is 0.150. The van der Waals surface area contributed by atoms with Gasteiger partial charge in [-0.25, -0.2) is 26.6 Å². The largest absolute Gasteiger partial charge is 0.493 e. The van der Waals surface area contributed by atoms with Crippen molar-refractivity contribution in [1.29, 1.82) is 0 Å². The second-order valence-electron chi connectivity index (χ2n) is 8.66. The molecule has 4 rings (SSSR count). The summed E-state index contributed by atoms with van der Waals surface area (Å²) in [6.45, 7) is 6.37. The highest BCUT2D eigenvalue weighted by Crippen LogP contribution is 2.43. The molecule has 0 aliphatic carbocycles. The molecule has 1 saturated heterocycles. The van der Waals surface area contributed by atoms with Crippen molar-refractivity contribution in [3.63, 3.8) is 0 Å². The first-order chi connectivity index (χ1) is 17.2. The maximum absolute atomic E-state index is 13.7. The van der Waals surface area contributed by atoms with Gasteiger partial charge in [0.15, 0.2) is 0 Å². The maximum atomic E-state index is 13.7. The predicted octanol–water partition coefficient (Wildman–Crippen LogP) is 5.49. The molecule has 2 aromatic rings. The Labute approximate surface area is 212 Å². The number of halogens is 3. The fourth-order valence-electron chi connectivity index (χ4n) is 4.63. The molecule has 0 radical (unpaired) electrons. The Bertz CT molecular complexity index is 1250. The van der Waals surface area contributed by atoms with Crippen LogP contribution in [0.5, 0.6) is 5.75 Å². The minimum Gasteiger partial charge on any atom is -0.493 e. The lowest BCUT2D eigenvalue weighted by atomic mass is 9.84. The minimum atomic E-state index is -3.90. The van der Waals surface area contributed by atoms with Gasteiger partial charge in [-0.05, 0) is 44.0 Å². The number of sulfonamides is 1. The predicted molar refractivity (Wildman–Crippen MR) is 132 cm³/mol. The maximum Gasteiger partial charge on any atom is 0.263 e. The third-order valence-corrected chi connectivity index (χ3v) is 8.53. The van der Waals surface area contributed by atoms with Crippen molar-refractivity contribution in [3.05, 3.63) is 66.3 Å². The Morgan fingerprint density at radius 3 is 2.83 bits per heavy atom. The van der Waals surface area contributed by atoms with E-state index in [9.17, 15) is 21.6 Å². The van der Waals surface area contributed by atoms with Gasteiger partial charge in [0.2, 0.25) is 11.6 Å². The third kappa shape index (κ3) is 5.81. The number of rotatable bonds is 8. The Hall–Kier alpha value is -2.70. The van der Waals surface area contributed by atoms with Crippen LogP contribution in [0.2, 0.25) is 0 Å². The second-order valence-corrected chi connectivity index (χ2v) is 11.1. The summed E-state index contributed by atoms with van der Waals surface area (Å²) in [4.78, 5) is 5.97. The van der Waals surface area contributed by atoms with Crippen LogP contribution in [0.4, 0.5) is 18.3 Å². The van der Waals surface area contributed by atoms with Gasteiger partial charge in [-0.2, -0.15) is 4.37 Å². The monoisotopic (exact) mass is 540 g/mol. The second kappa shape index (κ2) is 11.1. The average molecular weight is 541 g/mol. The number of piperidine rings is 1. The van der Waals surface area contributed by atoms with Gasteiger partial charge in [-0.3, -0.25) is 9.62 Å². The van der Waals surface area contributed by atoms with Crippen LogP contribution in [0.1, 0.15) is 37.8 Å². The van der Waals surface area contributed by atoms with E-state index in [0.717, 1.165) is 17.1 Å². The molecule has 1 N–H and O–H groups in total. The highest BCUT2D eigenvalue weighted by molar-refractivity contribution is 7.93. The van der Waals surface area contributed by atoms with E-state index in [1.165, 1.54) is 36.7 Å². The number of anilines is 1. The Kier molecular flexibility index (Phi) is 8.16. The van der Waals surface area contributed by atoms with Crippen molar-refractivity contribution < 1.29 is 26.3 Å². The van der Waals surface area contributed by atoms with E-state index in [-0.39, 0.29) is 22.5 Å². The number of nitrogens with one attached hydrogen (secondary N) is 1. The summed E-state index contributed by atoms with van der Waals surface area (Å²) < 4.78 is 78.5. The lowest BCUT2D eigenvalue weighted by Crippen LogP contribution is -2.47. The van der Waals surface area contributed by atoms with Crippen LogP contribution >= 0.6 is 11.5 Å². The Morgan fingerprint density at radius 2 is 2.14 bits per heavy atom. The van der Waals surface area contributed by atoms with Crippen molar-refractivity contribution in [1.82, 2.24) is 14.3 Å². The standard InChI is InChI=1S/C24H27F3N4O3S2/c1-3-17(25)5-4-15(2)21-12-16(23(26)27)8-10-31(21)20-9-11-34-22-13-18(6-7-19(20)22)36(32,33)30-24-28-14-29-35-24/h3-7,13-14,16,20-21,23H,2,8-12H2,1H3,(H,28,29,30)/b5-4-,17-3+/t16-,20-,21+/m0/s1. The minimum absolute atomic E-state index is 0.0132. The molecule has 1 aromatic carbocycles. The summed E-state index contributed by atoms with van der Waals surface area (Å²) in [7, 11) is -3.90. The summed E-state index contributed by atoms with van der Waals surface area (Å²) in [5.41, 5.74) is 1.32. The number of allylic oxidation sites excluding steroid dienone is 3. The van der Waals surface area contributed by atoms with Gasteiger partial charge in [0, 0.05) is 47.6 Å². The number of fused-ring (bicyclic) bond motifs is 1. The molecule has 3 atom stereocenters. The molecule has 12 heteroatoms. The molecule has 36 heavy (non-hydrogen) atoms. The molecule has 2 aliphatic rings. The van der Waals surface area contributed by atoms with Gasteiger partial charge >= 0.3 is 0 Å². The highest BCUT2D eigenvalue weighted by Gasteiger charge is 2.39. The first-order valence-electron chi connectivity index (χ1n) is 11.5. The molecule has 7 nitrogen and oxygen atoms in total. The number of aromatic nitrogens is 2. The molecule has 0 unspecified atom stereocenters. The topological polar surface area (TPSA) is 84.4 Å². The molecule has 3 heterocycles. The van der Waals surface area contributed by atoms with E-state index in [1.807, 2.05) is 0 Å². The molecule has 194 valence electrons. The molecule has 1 aromatic heterocycles. The van der Waals surface area contributed by atoms with Gasteiger partial charge in [-0.15, -0.1) is 0 Å². The molecule has 0 bridgehead atoms. The number of hydrogen-bond acceptors (Lipinski definition) is 7. The quantitative estimate of drug-likeness (QED) is 0.446. The molecular formula is C24H27F3N4O3S2. The molecular weight excluding hydrogens is 513 g/mol. The van der Waals surface area contributed by atoms with E-state index in [2.05, 4.69) is 25.6 Å². The number of benzene rings is 1. The molecule has 0 amide bonds. The van der Waals surface area contributed by atoms with Crippen LogP contribution in [-0.2, 0) is 10.0 Å². The number of likely N-dealkylation sites (tertiary alicyclic amines) is 1. The van der Waals surface area contributed by atoms with Gasteiger partial charge in [0.1, 0.15) is 17.9 Å². The van der Waals surface area contributed by atoms with Crippen LogP contribution < -0.4 is 9.46 Å². The van der Waals surface area contributed by atoms with E-state index >= 15 is 0 Å². The third-order valence-electron chi connectivity index (χ3n) is 6.49. The highest BCUT2D eigenvalue weighted by atomic mass is 32.2. The van der Waals surface area contributed by atoms with Crippen LogP contribution in [0, 0.1) is 5.92 Å². The van der Waals surface area contributed by atoms with Crippen molar-refractivity contribution in [2.75, 3.05) is 17.9 Å². The molecule has 0 spiro atoms. The summed E-state index contributed by atoms with van der Waals surface area (Å²) in [5.74, 6) is -0.792. The van der Waals surface area contributed by atoms with Crippen molar-refractivity contribution in [2.45, 2.75) is 49.6 Å². The number of nitrogens with zero attached hydrogens (tertiary/aromatic N) is 3. The van der Waals surface area contributed by atoms with Gasteiger partial charge in [0.05, 0.1) is 11.5 Å². The Balaban J connectivity index is 1.62. The summed E-state index contributed by atoms with van der Waals surface area (Å²) in [6.07, 6.45) is 4.05. The smallest absolute Gasteiger partial charge is 0.263 e. The van der Waals surface area contributed by atoms with Crippen LogP contribution in [0.15, 0.2) is 65.6 Å². The first kappa shape index (κ1) is 26.4. The lowest BCUT2D eigenvalue weighted by Gasteiger charge is -2.45. The van der Waals surface area contributed by atoms with E-state index in [0.29, 0.717) is 37.3 Å². The van der Waals surface area contributed by atoms with Crippen LogP contribution in [0.3, 0.4) is 0 Å². The Morgan fingerprint density at radius 1 is 1.33 bits per heavy atom. The average Bonchev–Trinajstić information content (AvgIpc) is 3.38. The van der Waals surface area contributed by atoms with Crippen molar-refractivity contribution in [2.24, 2.45) is 5.92 Å². The normalized spacial score (nSPS) is 23.5. The van der Waals surface area contributed by atoms with Crippen LogP contribution in [-0.4, -0.2) is 48.3 Å². The van der Waals surface area contributed by atoms with Crippen molar-refractivity contribution in [3.8, 4) is 5.75 Å². The van der Waals surface area contributed by atoms with Gasteiger partial charge in [0.25, 0.3) is 10.0 Å². The van der Waals surface area contributed by atoms with E-state index in [1.54, 1.807) is 13.0 Å². The van der Waals surface area contributed by atoms with E-state index in [4.69, 9.17) is 4.74 Å².